The fourth-order valence-corrected chi connectivity index (χ4v) is 4.62. The number of aromatic amines is 1. The zero-order valence-corrected chi connectivity index (χ0v) is 22.6. The summed E-state index contributed by atoms with van der Waals surface area (Å²) in [6, 6.07) is 15.7. The number of ether oxygens (including phenoxy) is 2. The van der Waals surface area contributed by atoms with Crippen LogP contribution in [0, 0.1) is 11.3 Å². The van der Waals surface area contributed by atoms with Crippen molar-refractivity contribution in [2.45, 2.75) is 13.0 Å². The minimum absolute atomic E-state index is 0.0759. The van der Waals surface area contributed by atoms with Crippen molar-refractivity contribution in [1.29, 1.82) is 5.26 Å². The van der Waals surface area contributed by atoms with E-state index in [-0.39, 0.29) is 5.57 Å². The first-order valence-electron chi connectivity index (χ1n) is 11.8. The van der Waals surface area contributed by atoms with Crippen molar-refractivity contribution in [3.05, 3.63) is 77.6 Å². The molecule has 11 heteroatoms. The number of carbonyl (C=O) groups is 1. The van der Waals surface area contributed by atoms with Crippen LogP contribution in [0.1, 0.15) is 24.1 Å². The molecule has 0 bridgehead atoms. The largest absolute Gasteiger partial charge is 0.493 e. The monoisotopic (exact) mass is 545 g/mol. The van der Waals surface area contributed by atoms with Gasteiger partial charge in [-0.25, -0.2) is 13.4 Å². The van der Waals surface area contributed by atoms with Gasteiger partial charge in [-0.15, -0.1) is 0 Å². The Kier molecular flexibility index (Phi) is 7.88. The number of hydrogen-bond donors (Lipinski definition) is 3. The number of sulfonamides is 1. The van der Waals surface area contributed by atoms with Crippen LogP contribution in [0.5, 0.6) is 11.5 Å². The first-order valence-corrected chi connectivity index (χ1v) is 13.7. The Morgan fingerprint density at radius 3 is 2.56 bits per heavy atom. The van der Waals surface area contributed by atoms with E-state index in [1.807, 2.05) is 31.2 Å². The second-order valence-electron chi connectivity index (χ2n) is 8.80. The highest BCUT2D eigenvalue weighted by Crippen LogP contribution is 2.30. The lowest BCUT2D eigenvalue weighted by atomic mass is 10.0. The first-order chi connectivity index (χ1) is 18.6. The molecule has 39 heavy (non-hydrogen) atoms. The molecule has 2 heterocycles. The average Bonchev–Trinajstić information content (AvgIpc) is 3.32. The lowest BCUT2D eigenvalue weighted by Crippen LogP contribution is -2.27. The highest BCUT2D eigenvalue weighted by molar-refractivity contribution is 7.92. The molecule has 0 spiro atoms. The van der Waals surface area contributed by atoms with Gasteiger partial charge in [-0.3, -0.25) is 9.52 Å². The van der Waals surface area contributed by atoms with Crippen molar-refractivity contribution in [1.82, 2.24) is 15.3 Å². The number of carbonyl (C=O) groups excluding carboxylic acids is 1. The normalized spacial score (nSPS) is 12.4. The summed E-state index contributed by atoms with van der Waals surface area (Å²) in [5, 5.41) is 13.3. The van der Waals surface area contributed by atoms with Crippen LogP contribution in [-0.2, 0) is 14.8 Å². The summed E-state index contributed by atoms with van der Waals surface area (Å²) in [7, 11) is -0.347. The van der Waals surface area contributed by atoms with Gasteiger partial charge < -0.3 is 19.8 Å². The van der Waals surface area contributed by atoms with Crippen LogP contribution in [0.2, 0.25) is 0 Å². The van der Waals surface area contributed by atoms with Crippen LogP contribution in [0.25, 0.3) is 28.2 Å². The second-order valence-corrected chi connectivity index (χ2v) is 10.5. The molecule has 4 aromatic rings. The number of nitriles is 1. The molecule has 0 aliphatic carbocycles. The van der Waals surface area contributed by atoms with Crippen LogP contribution in [0.15, 0.2) is 66.5 Å². The van der Waals surface area contributed by atoms with Gasteiger partial charge in [0.15, 0.2) is 11.5 Å². The van der Waals surface area contributed by atoms with E-state index < -0.39 is 22.0 Å². The highest BCUT2D eigenvalue weighted by Gasteiger charge is 2.17. The fraction of sp³-hybridized carbons (Fsp3) is 0.179. The quantitative estimate of drug-likeness (QED) is 0.209. The summed E-state index contributed by atoms with van der Waals surface area (Å²) >= 11 is 0. The lowest BCUT2D eigenvalue weighted by molar-refractivity contribution is -0.117. The van der Waals surface area contributed by atoms with Gasteiger partial charge in [0.1, 0.15) is 17.3 Å². The van der Waals surface area contributed by atoms with E-state index >= 15 is 0 Å². The number of H-pyrrole nitrogens is 1. The van der Waals surface area contributed by atoms with Gasteiger partial charge in [-0.05, 0) is 54.5 Å². The highest BCUT2D eigenvalue weighted by atomic mass is 32.2. The van der Waals surface area contributed by atoms with E-state index in [9.17, 15) is 18.5 Å². The number of nitrogens with zero attached hydrogens (tertiary/aromatic N) is 2. The predicted octanol–water partition coefficient (Wildman–Crippen LogP) is 4.40. The van der Waals surface area contributed by atoms with Crippen molar-refractivity contribution in [3.63, 3.8) is 0 Å². The number of rotatable bonds is 9. The molecular formula is C28H27N5O5S. The molecule has 0 unspecified atom stereocenters. The van der Waals surface area contributed by atoms with E-state index in [2.05, 4.69) is 20.0 Å². The maximum absolute atomic E-state index is 13.0. The minimum atomic E-state index is -3.43. The van der Waals surface area contributed by atoms with Crippen LogP contribution < -0.4 is 19.5 Å². The van der Waals surface area contributed by atoms with Gasteiger partial charge in [0.05, 0.1) is 26.5 Å². The summed E-state index contributed by atoms with van der Waals surface area (Å²) in [5.74, 6) is 0.577. The van der Waals surface area contributed by atoms with Crippen LogP contribution in [0.4, 0.5) is 5.69 Å². The Labute approximate surface area is 226 Å². The Hall–Kier alpha value is -4.82. The number of benzene rings is 2. The number of hydrogen-bond acceptors (Lipinski definition) is 7. The molecule has 200 valence electrons. The average molecular weight is 546 g/mol. The third kappa shape index (κ3) is 6.37. The third-order valence-corrected chi connectivity index (χ3v) is 6.59. The molecule has 0 radical (unpaired) electrons. The lowest BCUT2D eigenvalue weighted by Gasteiger charge is -2.16. The van der Waals surface area contributed by atoms with Crippen molar-refractivity contribution >= 4 is 38.7 Å². The smallest absolute Gasteiger partial charge is 0.262 e. The number of anilines is 1. The molecule has 1 atom stereocenters. The molecule has 0 aliphatic heterocycles. The fourth-order valence-electron chi connectivity index (χ4n) is 4.06. The Bertz CT molecular complexity index is 1720. The number of fused-ring (bicyclic) bond motifs is 1. The van der Waals surface area contributed by atoms with Crippen molar-refractivity contribution in [2.24, 2.45) is 0 Å². The molecule has 3 N–H and O–H groups in total. The molecular weight excluding hydrogens is 518 g/mol. The van der Waals surface area contributed by atoms with Crippen LogP contribution >= 0.6 is 0 Å². The van der Waals surface area contributed by atoms with Gasteiger partial charge in [0.2, 0.25) is 10.0 Å². The number of amides is 1. The van der Waals surface area contributed by atoms with E-state index in [0.717, 1.165) is 22.9 Å². The minimum Gasteiger partial charge on any atom is -0.493 e. The molecule has 0 fully saturated rings. The standard InChI is InChI=1S/C28H27N5O5S/c1-17(18-8-9-25(37-2)26(13-18)38-3)32-28(34)20(14-29)10-22-16-31-27-24(22)12-21(15-30-27)19-6-5-7-23(11-19)33-39(4,35)36/h5-13,15-17,33H,1-4H3,(H,30,31)(H,32,34)/b20-10+/t17-/m1/s1. The Morgan fingerprint density at radius 2 is 1.87 bits per heavy atom. The maximum atomic E-state index is 13.0. The molecule has 2 aromatic heterocycles. The summed E-state index contributed by atoms with van der Waals surface area (Å²) in [6.45, 7) is 1.81. The second kappa shape index (κ2) is 11.3. The van der Waals surface area contributed by atoms with Crippen LogP contribution in [-0.4, -0.2) is 44.8 Å². The van der Waals surface area contributed by atoms with Crippen LogP contribution in [0.3, 0.4) is 0 Å². The SMILES string of the molecule is COc1ccc([C@@H](C)NC(=O)/C(C#N)=C/c2c[nH]c3ncc(-c4cccc(NS(C)(=O)=O)c4)cc23)cc1OC. The zero-order chi connectivity index (χ0) is 28.2. The summed E-state index contributed by atoms with van der Waals surface area (Å²) in [6.07, 6.45) is 5.92. The number of methoxy groups -OCH3 is 2. The van der Waals surface area contributed by atoms with Gasteiger partial charge in [-0.2, -0.15) is 5.26 Å². The van der Waals surface area contributed by atoms with E-state index in [1.165, 1.54) is 13.2 Å². The van der Waals surface area contributed by atoms with Gasteiger partial charge >= 0.3 is 0 Å². The van der Waals surface area contributed by atoms with E-state index in [0.29, 0.717) is 33.8 Å². The molecule has 0 aliphatic rings. The summed E-state index contributed by atoms with van der Waals surface area (Å²) < 4.78 is 36.3. The zero-order valence-electron chi connectivity index (χ0n) is 21.8. The maximum Gasteiger partial charge on any atom is 0.262 e. The Morgan fingerprint density at radius 1 is 1.10 bits per heavy atom. The number of pyridine rings is 1. The molecule has 10 nitrogen and oxygen atoms in total. The van der Waals surface area contributed by atoms with Crippen molar-refractivity contribution in [2.75, 3.05) is 25.2 Å². The van der Waals surface area contributed by atoms with E-state index in [4.69, 9.17) is 9.47 Å². The van der Waals surface area contributed by atoms with Gasteiger partial charge in [-0.1, -0.05) is 18.2 Å². The van der Waals surface area contributed by atoms with Crippen molar-refractivity contribution < 1.29 is 22.7 Å². The number of nitrogens with one attached hydrogen (secondary N) is 3. The third-order valence-electron chi connectivity index (χ3n) is 5.98. The predicted molar refractivity (Wildman–Crippen MR) is 150 cm³/mol. The van der Waals surface area contributed by atoms with Gasteiger partial charge in [0.25, 0.3) is 5.91 Å². The number of aromatic nitrogens is 2. The topological polar surface area (TPSA) is 146 Å². The first kappa shape index (κ1) is 27.2. The van der Waals surface area contributed by atoms with E-state index in [1.54, 1.807) is 49.8 Å². The van der Waals surface area contributed by atoms with Gasteiger partial charge in [0, 0.05) is 34.6 Å². The van der Waals surface area contributed by atoms with Crippen molar-refractivity contribution in [3.8, 4) is 28.7 Å². The summed E-state index contributed by atoms with van der Waals surface area (Å²) in [5.41, 5.74) is 3.80. The Balaban J connectivity index is 1.61. The molecule has 4 rings (SSSR count). The summed E-state index contributed by atoms with van der Waals surface area (Å²) in [4.78, 5) is 20.5. The molecule has 0 saturated heterocycles. The molecule has 0 saturated carbocycles. The molecule has 2 aromatic carbocycles. The molecule has 1 amide bonds.